The highest BCUT2D eigenvalue weighted by Gasteiger charge is 2.45. The summed E-state index contributed by atoms with van der Waals surface area (Å²) in [6.45, 7) is 4.36. The van der Waals surface area contributed by atoms with Crippen LogP contribution < -0.4 is 0 Å². The molecular weight excluding hydrogens is 310 g/mol. The van der Waals surface area contributed by atoms with Gasteiger partial charge in [-0.15, -0.1) is 0 Å². The van der Waals surface area contributed by atoms with E-state index in [2.05, 4.69) is 39.0 Å². The predicted octanol–water partition coefficient (Wildman–Crippen LogP) is 3.53. The van der Waals surface area contributed by atoms with E-state index in [4.69, 9.17) is 0 Å². The Hall–Kier alpha value is -1.81. The first-order chi connectivity index (χ1) is 12.2. The number of likely N-dealkylation sites (tertiary alicyclic amines) is 2. The number of carbonyl (C=O) groups is 1. The third-order valence-corrected chi connectivity index (χ3v) is 6.45. The van der Waals surface area contributed by atoms with Gasteiger partial charge in [0.1, 0.15) is 0 Å². The first-order valence-corrected chi connectivity index (χ1v) is 9.79. The van der Waals surface area contributed by atoms with Gasteiger partial charge < -0.3 is 9.88 Å². The molecule has 3 aliphatic rings. The van der Waals surface area contributed by atoms with Crippen LogP contribution in [-0.2, 0) is 11.3 Å². The fourth-order valence-corrected chi connectivity index (χ4v) is 5.00. The molecule has 2 aliphatic heterocycles. The molecule has 4 nitrogen and oxygen atoms in total. The molecule has 2 saturated heterocycles. The van der Waals surface area contributed by atoms with Crippen LogP contribution in [-0.4, -0.2) is 46.4 Å². The summed E-state index contributed by atoms with van der Waals surface area (Å²) in [6, 6.07) is 9.47. The largest absolute Gasteiger partial charge is 0.361 e. The molecule has 1 amide bonds. The summed E-state index contributed by atoms with van der Waals surface area (Å²) in [5.74, 6) is 0.406. The maximum atomic E-state index is 12.3. The maximum Gasteiger partial charge on any atom is 0.222 e. The van der Waals surface area contributed by atoms with Crippen LogP contribution in [0, 0.1) is 5.41 Å². The van der Waals surface area contributed by atoms with Crippen LogP contribution in [0.3, 0.4) is 0 Å². The smallest absolute Gasteiger partial charge is 0.222 e. The molecule has 1 aromatic heterocycles. The van der Waals surface area contributed by atoms with Gasteiger partial charge in [0.2, 0.25) is 5.91 Å². The van der Waals surface area contributed by atoms with Crippen molar-refractivity contribution in [2.75, 3.05) is 19.6 Å². The number of H-pyrrole nitrogens is 1. The molecule has 1 saturated carbocycles. The third kappa shape index (κ3) is 2.97. The van der Waals surface area contributed by atoms with E-state index in [-0.39, 0.29) is 0 Å². The van der Waals surface area contributed by atoms with Crippen LogP contribution in [0.25, 0.3) is 10.9 Å². The number of piperidine rings is 2. The van der Waals surface area contributed by atoms with Crippen molar-refractivity contribution in [1.29, 1.82) is 0 Å². The number of carbonyl (C=O) groups excluding carboxylic acids is 1. The standard InChI is InChI=1S/C21H27N3O/c25-20-6-9-21(15-24(20)18-3-4-18)8-1-11-23(14-21)13-16-2-5-19-17(12-16)7-10-22-19/h2,5,7,10,12,18,22H,1,3-4,6,8-9,11,13-15H2/t21-/m0/s1. The van der Waals surface area contributed by atoms with Crippen molar-refractivity contribution in [3.63, 3.8) is 0 Å². The second-order valence-corrected chi connectivity index (χ2v) is 8.47. The van der Waals surface area contributed by atoms with Crippen molar-refractivity contribution in [3.8, 4) is 0 Å². The van der Waals surface area contributed by atoms with Crippen molar-refractivity contribution in [3.05, 3.63) is 36.0 Å². The zero-order valence-electron chi connectivity index (χ0n) is 14.8. The second-order valence-electron chi connectivity index (χ2n) is 8.47. The quantitative estimate of drug-likeness (QED) is 0.930. The van der Waals surface area contributed by atoms with E-state index in [1.54, 1.807) is 0 Å². The molecule has 0 unspecified atom stereocenters. The van der Waals surface area contributed by atoms with E-state index in [1.807, 2.05) is 6.20 Å². The van der Waals surface area contributed by atoms with Crippen LogP contribution >= 0.6 is 0 Å². The zero-order chi connectivity index (χ0) is 16.9. The third-order valence-electron chi connectivity index (χ3n) is 6.45. The SMILES string of the molecule is O=C1CC[C@]2(CCCN(Cc3ccc4[nH]ccc4c3)C2)CN1C1CC1. The van der Waals surface area contributed by atoms with Crippen LogP contribution in [0.15, 0.2) is 30.5 Å². The van der Waals surface area contributed by atoms with Gasteiger partial charge in [-0.05, 0) is 67.8 Å². The Morgan fingerprint density at radius 3 is 2.96 bits per heavy atom. The fraction of sp³-hybridized carbons (Fsp3) is 0.571. The lowest BCUT2D eigenvalue weighted by atomic mass is 9.73. The van der Waals surface area contributed by atoms with Gasteiger partial charge in [-0.2, -0.15) is 0 Å². The average Bonchev–Trinajstić information content (AvgIpc) is 3.35. The van der Waals surface area contributed by atoms with E-state index >= 15 is 0 Å². The Bertz CT molecular complexity index is 793. The summed E-state index contributed by atoms with van der Waals surface area (Å²) in [5.41, 5.74) is 2.95. The van der Waals surface area contributed by atoms with Gasteiger partial charge >= 0.3 is 0 Å². The average molecular weight is 337 g/mol. The molecule has 1 atom stereocenters. The maximum absolute atomic E-state index is 12.3. The summed E-state index contributed by atoms with van der Waals surface area (Å²) >= 11 is 0. The van der Waals surface area contributed by atoms with Crippen LogP contribution in [0.5, 0.6) is 0 Å². The Kier molecular flexibility index (Phi) is 3.63. The molecule has 3 fully saturated rings. The molecule has 2 aromatic rings. The van der Waals surface area contributed by atoms with Crippen molar-refractivity contribution in [2.24, 2.45) is 5.41 Å². The lowest BCUT2D eigenvalue weighted by Gasteiger charge is -2.48. The van der Waals surface area contributed by atoms with Crippen molar-refractivity contribution in [2.45, 2.75) is 51.1 Å². The van der Waals surface area contributed by atoms with Gasteiger partial charge in [-0.25, -0.2) is 0 Å². The number of benzene rings is 1. The number of rotatable bonds is 3. The number of amides is 1. The summed E-state index contributed by atoms with van der Waals surface area (Å²) < 4.78 is 0. The van der Waals surface area contributed by atoms with Crippen LogP contribution in [0.2, 0.25) is 0 Å². The number of aromatic amines is 1. The first-order valence-electron chi connectivity index (χ1n) is 9.79. The number of nitrogens with one attached hydrogen (secondary N) is 1. The van der Waals surface area contributed by atoms with Crippen LogP contribution in [0.1, 0.15) is 44.1 Å². The molecule has 132 valence electrons. The molecule has 0 radical (unpaired) electrons. The van der Waals surface area contributed by atoms with Crippen LogP contribution in [0.4, 0.5) is 0 Å². The number of hydrogen-bond donors (Lipinski definition) is 1. The van der Waals surface area contributed by atoms with Crippen molar-refractivity contribution < 1.29 is 4.79 Å². The highest BCUT2D eigenvalue weighted by Crippen LogP contribution is 2.42. The lowest BCUT2D eigenvalue weighted by molar-refractivity contribution is -0.140. The molecule has 25 heavy (non-hydrogen) atoms. The van der Waals surface area contributed by atoms with Gasteiger partial charge in [0.15, 0.2) is 0 Å². The van der Waals surface area contributed by atoms with Gasteiger partial charge in [0.05, 0.1) is 0 Å². The molecule has 0 bridgehead atoms. The Balaban J connectivity index is 1.31. The zero-order valence-corrected chi connectivity index (χ0v) is 14.8. The molecule has 1 N–H and O–H groups in total. The van der Waals surface area contributed by atoms with E-state index < -0.39 is 0 Å². The monoisotopic (exact) mass is 337 g/mol. The van der Waals surface area contributed by atoms with Gasteiger partial charge in [-0.3, -0.25) is 9.69 Å². The van der Waals surface area contributed by atoms with E-state index in [1.165, 1.54) is 48.7 Å². The Labute approximate surface area is 149 Å². The summed E-state index contributed by atoms with van der Waals surface area (Å²) in [4.78, 5) is 20.4. The lowest BCUT2D eigenvalue weighted by Crippen LogP contribution is -2.54. The predicted molar refractivity (Wildman–Crippen MR) is 99.2 cm³/mol. The topological polar surface area (TPSA) is 39.3 Å². The molecule has 5 rings (SSSR count). The first kappa shape index (κ1) is 15.4. The fourth-order valence-electron chi connectivity index (χ4n) is 5.00. The molecular formula is C21H27N3O. The minimum Gasteiger partial charge on any atom is -0.361 e. The summed E-state index contributed by atoms with van der Waals surface area (Å²) in [6.07, 6.45) is 8.86. The Morgan fingerprint density at radius 1 is 1.16 bits per heavy atom. The molecule has 4 heteroatoms. The van der Waals surface area contributed by atoms with E-state index in [0.717, 1.165) is 32.5 Å². The van der Waals surface area contributed by atoms with Crippen molar-refractivity contribution in [1.82, 2.24) is 14.8 Å². The number of fused-ring (bicyclic) bond motifs is 1. The molecule has 1 aliphatic carbocycles. The van der Waals surface area contributed by atoms with E-state index in [9.17, 15) is 4.79 Å². The second kappa shape index (κ2) is 5.87. The molecule has 3 heterocycles. The molecule has 1 spiro atoms. The minimum absolute atomic E-state index is 0.340. The minimum atomic E-state index is 0.340. The highest BCUT2D eigenvalue weighted by molar-refractivity contribution is 5.80. The normalized spacial score (nSPS) is 28.2. The molecule has 1 aromatic carbocycles. The van der Waals surface area contributed by atoms with E-state index in [0.29, 0.717) is 17.4 Å². The Morgan fingerprint density at radius 2 is 2.08 bits per heavy atom. The van der Waals surface area contributed by atoms with Gasteiger partial charge in [0, 0.05) is 49.2 Å². The number of nitrogens with zero attached hydrogens (tertiary/aromatic N) is 2. The summed E-state index contributed by atoms with van der Waals surface area (Å²) in [7, 11) is 0. The van der Waals surface area contributed by atoms with Gasteiger partial charge in [-0.1, -0.05) is 6.07 Å². The summed E-state index contributed by atoms with van der Waals surface area (Å²) in [5, 5.41) is 1.30. The highest BCUT2D eigenvalue weighted by atomic mass is 16.2. The van der Waals surface area contributed by atoms with Gasteiger partial charge in [0.25, 0.3) is 0 Å². The van der Waals surface area contributed by atoms with Crippen molar-refractivity contribution >= 4 is 16.8 Å². The number of aromatic nitrogens is 1. The number of hydrogen-bond acceptors (Lipinski definition) is 2.